The lowest BCUT2D eigenvalue weighted by atomic mass is 10.2. The molecule has 2 rings (SSSR count). The van der Waals surface area contributed by atoms with Gasteiger partial charge < -0.3 is 4.74 Å². The maximum atomic E-state index is 14.1. The van der Waals surface area contributed by atoms with E-state index in [2.05, 4.69) is 4.74 Å². The zero-order valence-corrected chi connectivity index (χ0v) is 18.4. The highest BCUT2D eigenvalue weighted by molar-refractivity contribution is 7.90. The van der Waals surface area contributed by atoms with Gasteiger partial charge in [0, 0.05) is 0 Å². The Labute approximate surface area is 183 Å². The van der Waals surface area contributed by atoms with Gasteiger partial charge in [0.2, 0.25) is 10.0 Å². The van der Waals surface area contributed by atoms with Crippen molar-refractivity contribution in [3.63, 3.8) is 0 Å². The Hall–Kier alpha value is -2.52. The molecule has 176 valence electrons. The van der Waals surface area contributed by atoms with Crippen LogP contribution in [0, 0.1) is 6.92 Å². The fraction of sp³-hybridized carbons (Fsp3) is 0.278. The van der Waals surface area contributed by atoms with Crippen molar-refractivity contribution in [1.29, 1.82) is 0 Å². The normalized spacial score (nSPS) is 14.5. The summed E-state index contributed by atoms with van der Waals surface area (Å²) in [6.07, 6.45) is -5.67. The van der Waals surface area contributed by atoms with E-state index in [-0.39, 0.29) is 0 Å². The lowest BCUT2D eigenvalue weighted by Gasteiger charge is -2.34. The van der Waals surface area contributed by atoms with Crippen molar-refractivity contribution in [2.45, 2.75) is 35.5 Å². The van der Waals surface area contributed by atoms with Gasteiger partial charge in [0.25, 0.3) is 15.7 Å². The molecule has 0 bridgehead atoms. The molecular formula is C18H20F3N3O6S2. The van der Waals surface area contributed by atoms with Crippen LogP contribution in [0.3, 0.4) is 0 Å². The Kier molecular flexibility index (Phi) is 7.67. The highest BCUT2D eigenvalue weighted by Crippen LogP contribution is 2.31. The van der Waals surface area contributed by atoms with E-state index in [1.807, 2.05) is 0 Å². The molecule has 32 heavy (non-hydrogen) atoms. The van der Waals surface area contributed by atoms with E-state index in [1.165, 1.54) is 52.2 Å². The number of ether oxygens (including phenoxy) is 1. The largest absolute Gasteiger partial charge is 0.463 e. The Balaban J connectivity index is 2.52. The molecule has 0 amide bonds. The highest BCUT2D eigenvalue weighted by atomic mass is 32.2. The van der Waals surface area contributed by atoms with Crippen LogP contribution in [0.15, 0.2) is 64.4 Å². The molecule has 0 aliphatic rings. The Morgan fingerprint density at radius 3 is 1.94 bits per heavy atom. The minimum absolute atomic E-state index is 0.429. The molecule has 0 saturated heterocycles. The Bertz CT molecular complexity index is 1150. The molecule has 0 radical (unpaired) electrons. The Morgan fingerprint density at radius 2 is 1.44 bits per heavy atom. The van der Waals surface area contributed by atoms with Crippen molar-refractivity contribution in [3.8, 4) is 0 Å². The number of sulfonamides is 2. The average Bonchev–Trinajstić information content (AvgIpc) is 2.71. The predicted molar refractivity (Wildman–Crippen MR) is 107 cm³/mol. The molecule has 0 saturated carbocycles. The van der Waals surface area contributed by atoms with Crippen LogP contribution < -0.4 is 15.0 Å². The molecule has 9 nitrogen and oxygen atoms in total. The first-order chi connectivity index (χ1) is 14.7. The van der Waals surface area contributed by atoms with Gasteiger partial charge >= 0.3 is 12.1 Å². The van der Waals surface area contributed by atoms with Gasteiger partial charge in [-0.2, -0.15) is 17.9 Å². The SMILES string of the molecule is CCOC(=O)[C@@](NNS(=O)(=O)c1ccc(C)cc1)(NS(=O)(=O)c1ccccc1)C(F)(F)F. The zero-order chi connectivity index (χ0) is 24.2. The number of rotatable bonds is 9. The molecule has 2 aromatic rings. The molecule has 3 N–H and O–H groups in total. The van der Waals surface area contributed by atoms with Crippen LogP contribution in [-0.2, 0) is 29.6 Å². The molecule has 0 fully saturated rings. The number of hydrogen-bond acceptors (Lipinski definition) is 7. The number of esters is 1. The number of hydrazine groups is 1. The lowest BCUT2D eigenvalue weighted by Crippen LogP contribution is -2.75. The quantitative estimate of drug-likeness (QED) is 0.274. The summed E-state index contributed by atoms with van der Waals surface area (Å²) < 4.78 is 98.1. The second-order valence-corrected chi connectivity index (χ2v) is 9.80. The summed E-state index contributed by atoms with van der Waals surface area (Å²) >= 11 is 0. The third-order valence-corrected chi connectivity index (χ3v) is 6.78. The standard InChI is InChI=1S/C18H20F3N3O6S2/c1-3-30-16(25)17(18(19,20)21,23-31(26,27)14-7-5-4-6-8-14)22-24-32(28,29)15-11-9-13(2)10-12-15/h4-12,22-24H,3H2,1-2H3/t17-/m1/s1. The van der Waals surface area contributed by atoms with E-state index in [4.69, 9.17) is 0 Å². The van der Waals surface area contributed by atoms with Crippen LogP contribution in [-0.4, -0.2) is 41.3 Å². The first kappa shape index (κ1) is 25.7. The average molecular weight is 496 g/mol. The number of alkyl halides is 3. The van der Waals surface area contributed by atoms with Gasteiger partial charge in [-0.05, 0) is 38.1 Å². The van der Waals surface area contributed by atoms with Gasteiger partial charge in [-0.25, -0.2) is 27.1 Å². The van der Waals surface area contributed by atoms with E-state index in [9.17, 15) is 34.8 Å². The van der Waals surface area contributed by atoms with E-state index in [0.717, 1.165) is 24.3 Å². The van der Waals surface area contributed by atoms with Crippen molar-refractivity contribution in [2.75, 3.05) is 6.61 Å². The third-order valence-electron chi connectivity index (χ3n) is 4.05. The lowest BCUT2D eigenvalue weighted by molar-refractivity contribution is -0.217. The monoisotopic (exact) mass is 495 g/mol. The summed E-state index contributed by atoms with van der Waals surface area (Å²) in [5, 5.41) is 0. The van der Waals surface area contributed by atoms with Crippen molar-refractivity contribution >= 4 is 26.0 Å². The fourth-order valence-electron chi connectivity index (χ4n) is 2.38. The van der Waals surface area contributed by atoms with Crippen LogP contribution in [0.1, 0.15) is 12.5 Å². The number of carbonyl (C=O) groups is 1. The maximum absolute atomic E-state index is 14.1. The van der Waals surface area contributed by atoms with Gasteiger partial charge in [0.15, 0.2) is 0 Å². The minimum Gasteiger partial charge on any atom is -0.463 e. The van der Waals surface area contributed by atoms with E-state index in [1.54, 1.807) is 6.92 Å². The number of benzene rings is 2. The smallest absolute Gasteiger partial charge is 0.433 e. The maximum Gasteiger partial charge on any atom is 0.433 e. The van der Waals surface area contributed by atoms with E-state index in [0.29, 0.717) is 5.56 Å². The number of halogens is 3. The third kappa shape index (κ3) is 5.63. The topological polar surface area (TPSA) is 131 Å². The summed E-state index contributed by atoms with van der Waals surface area (Å²) in [6.45, 7) is 2.31. The summed E-state index contributed by atoms with van der Waals surface area (Å²) in [5.74, 6) is -2.11. The van der Waals surface area contributed by atoms with Gasteiger partial charge in [-0.15, -0.1) is 4.83 Å². The first-order valence-corrected chi connectivity index (χ1v) is 11.9. The van der Waals surface area contributed by atoms with Crippen molar-refractivity contribution in [2.24, 2.45) is 0 Å². The van der Waals surface area contributed by atoms with Crippen LogP contribution in [0.2, 0.25) is 0 Å². The molecule has 0 aromatic heterocycles. The summed E-state index contributed by atoms with van der Waals surface area (Å²) in [6, 6.07) is 10.9. The second-order valence-electron chi connectivity index (χ2n) is 6.43. The summed E-state index contributed by atoms with van der Waals surface area (Å²) in [7, 11) is -9.61. The molecular weight excluding hydrogens is 475 g/mol. The predicted octanol–water partition coefficient (Wildman–Crippen LogP) is 1.58. The molecule has 14 heteroatoms. The summed E-state index contributed by atoms with van der Waals surface area (Å²) in [5.41, 5.74) is -2.18. The molecule has 0 spiro atoms. The number of hydrogen-bond donors (Lipinski definition) is 3. The number of aryl methyl sites for hydroxylation is 1. The van der Waals surface area contributed by atoms with Gasteiger partial charge in [0.1, 0.15) is 0 Å². The van der Waals surface area contributed by atoms with Crippen LogP contribution in [0.25, 0.3) is 0 Å². The van der Waals surface area contributed by atoms with Crippen LogP contribution >= 0.6 is 0 Å². The van der Waals surface area contributed by atoms with Gasteiger partial charge in [-0.3, -0.25) is 0 Å². The molecule has 0 aliphatic carbocycles. The van der Waals surface area contributed by atoms with E-state index < -0.39 is 54.3 Å². The zero-order valence-electron chi connectivity index (χ0n) is 16.8. The second kappa shape index (κ2) is 9.54. The van der Waals surface area contributed by atoms with Gasteiger partial charge in [0.05, 0.1) is 16.4 Å². The molecule has 0 heterocycles. The van der Waals surface area contributed by atoms with Crippen LogP contribution in [0.5, 0.6) is 0 Å². The molecule has 2 aromatic carbocycles. The first-order valence-electron chi connectivity index (χ1n) is 8.94. The number of carbonyl (C=O) groups excluding carboxylic acids is 1. The van der Waals surface area contributed by atoms with E-state index >= 15 is 0 Å². The van der Waals surface area contributed by atoms with Gasteiger partial charge in [-0.1, -0.05) is 35.9 Å². The molecule has 1 atom stereocenters. The Morgan fingerprint density at radius 1 is 0.906 bits per heavy atom. The fourth-order valence-corrected chi connectivity index (χ4v) is 4.57. The number of nitrogens with one attached hydrogen (secondary N) is 3. The highest BCUT2D eigenvalue weighted by Gasteiger charge is 2.65. The van der Waals surface area contributed by atoms with Crippen molar-refractivity contribution in [3.05, 3.63) is 60.2 Å². The van der Waals surface area contributed by atoms with Crippen molar-refractivity contribution < 1.29 is 39.5 Å². The minimum atomic E-state index is -5.67. The van der Waals surface area contributed by atoms with Crippen molar-refractivity contribution in [1.82, 2.24) is 15.0 Å². The van der Waals surface area contributed by atoms with Crippen LogP contribution in [0.4, 0.5) is 13.2 Å². The summed E-state index contributed by atoms with van der Waals surface area (Å²) in [4.78, 5) is 12.8. The molecule has 0 unspecified atom stereocenters. The molecule has 0 aliphatic heterocycles.